The summed E-state index contributed by atoms with van der Waals surface area (Å²) in [6, 6.07) is 5.29. The van der Waals surface area contributed by atoms with E-state index in [0.717, 1.165) is 0 Å². The minimum absolute atomic E-state index is 0.0301. The third-order valence-electron chi connectivity index (χ3n) is 2.88. The van der Waals surface area contributed by atoms with Crippen molar-refractivity contribution in [3.05, 3.63) is 29.7 Å². The summed E-state index contributed by atoms with van der Waals surface area (Å²) in [5.74, 6) is 0.630. The van der Waals surface area contributed by atoms with Crippen LogP contribution in [0.3, 0.4) is 0 Å². The topological polar surface area (TPSA) is 69.1 Å². The average Bonchev–Trinajstić information content (AvgIpc) is 2.66. The molecule has 0 radical (unpaired) electrons. The first-order valence-electron chi connectivity index (χ1n) is 5.56. The number of hydrogen-bond donors (Lipinski definition) is 1. The van der Waals surface area contributed by atoms with Gasteiger partial charge in [0.05, 0.1) is 0 Å². The van der Waals surface area contributed by atoms with E-state index < -0.39 is 5.41 Å². The van der Waals surface area contributed by atoms with Crippen LogP contribution in [0, 0.1) is 12.3 Å². The summed E-state index contributed by atoms with van der Waals surface area (Å²) in [7, 11) is 0. The second-order valence-electron chi connectivity index (χ2n) is 4.83. The van der Waals surface area contributed by atoms with Gasteiger partial charge in [-0.15, -0.1) is 0 Å². The Kier molecular flexibility index (Phi) is 2.75. The molecule has 0 spiro atoms. The Morgan fingerprint density at radius 2 is 2.18 bits per heavy atom. The van der Waals surface area contributed by atoms with Crippen LogP contribution < -0.4 is 5.73 Å². The Morgan fingerprint density at radius 3 is 2.82 bits per heavy atom. The fourth-order valence-electron chi connectivity index (χ4n) is 1.67. The van der Waals surface area contributed by atoms with Crippen molar-refractivity contribution in [2.24, 2.45) is 11.1 Å². The predicted octanol–water partition coefficient (Wildman–Crippen LogP) is 2.30. The van der Waals surface area contributed by atoms with E-state index in [2.05, 4.69) is 4.98 Å². The molecule has 1 heterocycles. The number of oxazole rings is 1. The van der Waals surface area contributed by atoms with E-state index in [1.54, 1.807) is 25.1 Å². The van der Waals surface area contributed by atoms with Gasteiger partial charge in [-0.05, 0) is 18.2 Å². The first-order valence-corrected chi connectivity index (χ1v) is 5.56. The number of carbonyl (C=O) groups excluding carboxylic acids is 1. The molecule has 4 heteroatoms. The maximum Gasteiger partial charge on any atom is 0.192 e. The van der Waals surface area contributed by atoms with Crippen molar-refractivity contribution < 1.29 is 9.21 Å². The van der Waals surface area contributed by atoms with E-state index in [4.69, 9.17) is 10.2 Å². The molecule has 0 atom stereocenters. The molecule has 0 bridgehead atoms. The number of ketones is 1. The molecule has 2 aromatic rings. The molecule has 0 aliphatic rings. The van der Waals surface area contributed by atoms with Gasteiger partial charge in [-0.2, -0.15) is 0 Å². The number of benzene rings is 1. The molecule has 0 aliphatic heterocycles. The molecule has 0 saturated heterocycles. The number of carbonyl (C=O) groups is 1. The maximum absolute atomic E-state index is 12.2. The predicted molar refractivity (Wildman–Crippen MR) is 65.9 cm³/mol. The van der Waals surface area contributed by atoms with Crippen LogP contribution in [0.4, 0.5) is 0 Å². The summed E-state index contributed by atoms with van der Waals surface area (Å²) < 4.78 is 5.37. The number of hydrogen-bond acceptors (Lipinski definition) is 4. The fraction of sp³-hybridized carbons (Fsp3) is 0.385. The van der Waals surface area contributed by atoms with Crippen LogP contribution >= 0.6 is 0 Å². The van der Waals surface area contributed by atoms with Crippen LogP contribution in [-0.4, -0.2) is 17.3 Å². The molecule has 17 heavy (non-hydrogen) atoms. The summed E-state index contributed by atoms with van der Waals surface area (Å²) in [5, 5.41) is 0. The molecule has 0 unspecified atom stereocenters. The highest BCUT2D eigenvalue weighted by Gasteiger charge is 2.27. The number of rotatable bonds is 3. The van der Waals surface area contributed by atoms with Gasteiger partial charge in [-0.25, -0.2) is 4.98 Å². The molecular weight excluding hydrogens is 216 g/mol. The van der Waals surface area contributed by atoms with Gasteiger partial charge >= 0.3 is 0 Å². The molecule has 0 aliphatic carbocycles. The summed E-state index contributed by atoms with van der Waals surface area (Å²) >= 11 is 0. The number of fused-ring (bicyclic) bond motifs is 1. The van der Waals surface area contributed by atoms with Crippen molar-refractivity contribution in [3.63, 3.8) is 0 Å². The van der Waals surface area contributed by atoms with E-state index >= 15 is 0 Å². The number of nitrogens with zero attached hydrogens (tertiary/aromatic N) is 1. The van der Waals surface area contributed by atoms with E-state index in [-0.39, 0.29) is 5.78 Å². The molecule has 0 fully saturated rings. The molecule has 4 nitrogen and oxygen atoms in total. The molecular formula is C13H16N2O2. The summed E-state index contributed by atoms with van der Waals surface area (Å²) in [4.78, 5) is 16.4. The van der Waals surface area contributed by atoms with Crippen LogP contribution in [-0.2, 0) is 0 Å². The maximum atomic E-state index is 12.2. The average molecular weight is 232 g/mol. The monoisotopic (exact) mass is 232 g/mol. The summed E-state index contributed by atoms with van der Waals surface area (Å²) in [5.41, 5.74) is 7.09. The quantitative estimate of drug-likeness (QED) is 0.824. The Balaban J connectivity index is 2.46. The smallest absolute Gasteiger partial charge is 0.192 e. The molecule has 1 aromatic carbocycles. The van der Waals surface area contributed by atoms with Gasteiger partial charge in [-0.3, -0.25) is 4.79 Å². The third kappa shape index (κ3) is 2.08. The van der Waals surface area contributed by atoms with Crippen molar-refractivity contribution in [1.82, 2.24) is 4.98 Å². The number of nitrogens with two attached hydrogens (primary N) is 1. The minimum Gasteiger partial charge on any atom is -0.441 e. The SMILES string of the molecule is Cc1nc2cc(C(=O)C(C)(C)CN)ccc2o1. The lowest BCUT2D eigenvalue weighted by Gasteiger charge is -2.20. The van der Waals surface area contributed by atoms with Gasteiger partial charge < -0.3 is 10.2 Å². The Hall–Kier alpha value is -1.68. The standard InChI is InChI=1S/C13H16N2O2/c1-8-15-10-6-9(4-5-11(10)17-8)12(16)13(2,3)7-14/h4-6H,7,14H2,1-3H3. The van der Waals surface area contributed by atoms with Gasteiger partial charge in [0, 0.05) is 24.4 Å². The minimum atomic E-state index is -0.549. The Bertz CT molecular complexity index is 570. The number of aromatic nitrogens is 1. The second-order valence-corrected chi connectivity index (χ2v) is 4.83. The second kappa shape index (κ2) is 3.96. The van der Waals surface area contributed by atoms with Gasteiger partial charge in [0.2, 0.25) is 0 Å². The number of aryl methyl sites for hydroxylation is 1. The van der Waals surface area contributed by atoms with Crippen LogP contribution in [0.1, 0.15) is 30.1 Å². The third-order valence-corrected chi connectivity index (χ3v) is 2.88. The summed E-state index contributed by atoms with van der Waals surface area (Å²) in [6.07, 6.45) is 0. The molecule has 0 saturated carbocycles. The fourth-order valence-corrected chi connectivity index (χ4v) is 1.67. The van der Waals surface area contributed by atoms with Crippen molar-refractivity contribution in [2.45, 2.75) is 20.8 Å². The highest BCUT2D eigenvalue weighted by molar-refractivity contribution is 6.02. The van der Waals surface area contributed by atoms with E-state index in [1.807, 2.05) is 13.8 Å². The van der Waals surface area contributed by atoms with Crippen LogP contribution in [0.5, 0.6) is 0 Å². The van der Waals surface area contributed by atoms with Crippen molar-refractivity contribution >= 4 is 16.9 Å². The zero-order chi connectivity index (χ0) is 12.6. The lowest BCUT2D eigenvalue weighted by atomic mass is 9.84. The highest BCUT2D eigenvalue weighted by Crippen LogP contribution is 2.23. The van der Waals surface area contributed by atoms with Gasteiger partial charge in [0.1, 0.15) is 5.52 Å². The summed E-state index contributed by atoms with van der Waals surface area (Å²) in [6.45, 7) is 5.79. The normalized spacial score (nSPS) is 12.0. The van der Waals surface area contributed by atoms with Crippen LogP contribution in [0.2, 0.25) is 0 Å². The molecule has 2 rings (SSSR count). The number of Topliss-reactive ketones (excluding diaryl/α,β-unsaturated/α-hetero) is 1. The Morgan fingerprint density at radius 1 is 1.47 bits per heavy atom. The largest absolute Gasteiger partial charge is 0.441 e. The zero-order valence-corrected chi connectivity index (χ0v) is 10.3. The van der Waals surface area contributed by atoms with Crippen LogP contribution in [0.15, 0.2) is 22.6 Å². The van der Waals surface area contributed by atoms with E-state index in [1.165, 1.54) is 0 Å². The lowest BCUT2D eigenvalue weighted by Crippen LogP contribution is -2.32. The van der Waals surface area contributed by atoms with Crippen molar-refractivity contribution in [2.75, 3.05) is 6.54 Å². The lowest BCUT2D eigenvalue weighted by molar-refractivity contribution is 0.0847. The molecule has 0 amide bonds. The van der Waals surface area contributed by atoms with Crippen molar-refractivity contribution in [1.29, 1.82) is 0 Å². The first kappa shape index (κ1) is 11.8. The Labute approximate surface area is 99.8 Å². The zero-order valence-electron chi connectivity index (χ0n) is 10.3. The molecule has 2 N–H and O–H groups in total. The van der Waals surface area contributed by atoms with Gasteiger partial charge in [-0.1, -0.05) is 13.8 Å². The van der Waals surface area contributed by atoms with Crippen molar-refractivity contribution in [3.8, 4) is 0 Å². The highest BCUT2D eigenvalue weighted by atomic mass is 16.3. The van der Waals surface area contributed by atoms with E-state index in [9.17, 15) is 4.79 Å². The van der Waals surface area contributed by atoms with E-state index in [0.29, 0.717) is 29.1 Å². The molecule has 90 valence electrons. The van der Waals surface area contributed by atoms with Gasteiger partial charge in [0.15, 0.2) is 17.3 Å². The van der Waals surface area contributed by atoms with Gasteiger partial charge in [0.25, 0.3) is 0 Å². The van der Waals surface area contributed by atoms with Crippen LogP contribution in [0.25, 0.3) is 11.1 Å². The molecule has 1 aromatic heterocycles. The first-order chi connectivity index (χ1) is 7.94.